The Kier molecular flexibility index (Phi) is 9.54. The minimum atomic E-state index is -5.07. The first-order valence-corrected chi connectivity index (χ1v) is 13.5. The number of hydrogen-bond donors (Lipinski definition) is 2. The van der Waals surface area contributed by atoms with Crippen LogP contribution in [-0.2, 0) is 20.4 Å². The molecule has 1 aliphatic rings. The van der Waals surface area contributed by atoms with E-state index in [0.29, 0.717) is 0 Å². The van der Waals surface area contributed by atoms with Crippen molar-refractivity contribution in [3.63, 3.8) is 0 Å². The highest BCUT2D eigenvalue weighted by molar-refractivity contribution is 7.89. The summed E-state index contributed by atoms with van der Waals surface area (Å²) in [6.45, 7) is -1.03. The Balaban J connectivity index is 2.01. The van der Waals surface area contributed by atoms with Gasteiger partial charge in [-0.25, -0.2) is 13.1 Å². The lowest BCUT2D eigenvalue weighted by Crippen LogP contribution is -2.59. The summed E-state index contributed by atoms with van der Waals surface area (Å²) in [4.78, 5) is 17.3. The van der Waals surface area contributed by atoms with Crippen LogP contribution in [0.25, 0.3) is 5.57 Å². The second-order valence-electron chi connectivity index (χ2n) is 8.90. The molecule has 222 valence electrons. The molecule has 0 saturated heterocycles. The minimum absolute atomic E-state index is 0.0237. The number of pyridine rings is 1. The Hall–Kier alpha value is -3.84. The molecule has 9 nitrogen and oxygen atoms in total. The first-order chi connectivity index (χ1) is 19.1. The van der Waals surface area contributed by atoms with Crippen molar-refractivity contribution >= 4 is 21.5 Å². The van der Waals surface area contributed by atoms with E-state index >= 15 is 0 Å². The van der Waals surface area contributed by atoms with E-state index < -0.39 is 64.5 Å². The topological polar surface area (TPSA) is 130 Å². The predicted molar refractivity (Wildman–Crippen MR) is 133 cm³/mol. The normalized spacial score (nSPS) is 18.0. The zero-order valence-electron chi connectivity index (χ0n) is 21.4. The van der Waals surface area contributed by atoms with Crippen LogP contribution >= 0.6 is 0 Å². The summed E-state index contributed by atoms with van der Waals surface area (Å²) in [6.07, 6.45) is -10.5. The highest BCUT2D eigenvalue weighted by Crippen LogP contribution is 2.48. The van der Waals surface area contributed by atoms with E-state index in [2.05, 4.69) is 4.98 Å². The maximum Gasteiger partial charge on any atom is 0.416 e. The number of carbonyl (C=O) groups is 1. The Morgan fingerprint density at radius 2 is 1.76 bits per heavy atom. The number of halogens is 6. The fourth-order valence-corrected chi connectivity index (χ4v) is 4.70. The smallest absolute Gasteiger partial charge is 0.416 e. The fraction of sp³-hybridized carbons (Fsp3) is 0.400. The molecule has 2 aromatic rings. The number of amides is 1. The van der Waals surface area contributed by atoms with Crippen LogP contribution in [0.3, 0.4) is 0 Å². The van der Waals surface area contributed by atoms with Crippen LogP contribution in [0.15, 0.2) is 48.2 Å². The molecule has 1 aliphatic heterocycles. The van der Waals surface area contributed by atoms with E-state index in [1.165, 1.54) is 31.5 Å². The van der Waals surface area contributed by atoms with E-state index in [-0.39, 0.29) is 41.4 Å². The minimum Gasteiger partial charge on any atom is -0.495 e. The van der Waals surface area contributed by atoms with Crippen LogP contribution < -0.4 is 19.5 Å². The third-order valence-corrected chi connectivity index (χ3v) is 7.21. The van der Waals surface area contributed by atoms with Crippen molar-refractivity contribution in [2.45, 2.75) is 37.2 Å². The van der Waals surface area contributed by atoms with Crippen molar-refractivity contribution in [2.75, 3.05) is 26.0 Å². The van der Waals surface area contributed by atoms with Crippen molar-refractivity contribution < 1.29 is 49.0 Å². The SMILES string of the molecule is COc1ccc(C2=C(CNS(=O)(=O)CC#N)C(=O)N[C@@](c3ccc(OCCCC(F)(F)F)cc3)(C(F)(F)F)C2)nc1. The molecule has 16 heteroatoms. The molecule has 0 spiro atoms. The number of aromatic nitrogens is 1. The number of nitrogens with one attached hydrogen (secondary N) is 2. The molecule has 0 radical (unpaired) electrons. The highest BCUT2D eigenvalue weighted by atomic mass is 32.2. The van der Waals surface area contributed by atoms with Gasteiger partial charge in [-0.15, -0.1) is 0 Å². The largest absolute Gasteiger partial charge is 0.495 e. The van der Waals surface area contributed by atoms with Gasteiger partial charge in [0.2, 0.25) is 15.9 Å². The quantitative estimate of drug-likeness (QED) is 0.292. The van der Waals surface area contributed by atoms with Gasteiger partial charge in [0.1, 0.15) is 11.5 Å². The van der Waals surface area contributed by atoms with Gasteiger partial charge in [-0.1, -0.05) is 12.1 Å². The van der Waals surface area contributed by atoms with Crippen LogP contribution in [0.5, 0.6) is 11.5 Å². The van der Waals surface area contributed by atoms with Crippen molar-refractivity contribution in [1.29, 1.82) is 5.26 Å². The number of nitrogens with zero attached hydrogens (tertiary/aromatic N) is 2. The van der Waals surface area contributed by atoms with E-state index in [1.54, 1.807) is 0 Å². The molecule has 2 N–H and O–H groups in total. The molecular formula is C25H24F6N4O5S. The van der Waals surface area contributed by atoms with Crippen LogP contribution in [0.1, 0.15) is 30.5 Å². The molecule has 0 aliphatic carbocycles. The highest BCUT2D eigenvalue weighted by Gasteiger charge is 2.59. The first-order valence-electron chi connectivity index (χ1n) is 11.9. The lowest BCUT2D eigenvalue weighted by atomic mass is 9.77. The van der Waals surface area contributed by atoms with Gasteiger partial charge in [-0.05, 0) is 41.8 Å². The summed E-state index contributed by atoms with van der Waals surface area (Å²) in [6, 6.07) is 8.51. The Bertz CT molecular complexity index is 1420. The van der Waals surface area contributed by atoms with Gasteiger partial charge in [0.05, 0.1) is 31.7 Å². The van der Waals surface area contributed by atoms with E-state index in [4.69, 9.17) is 14.7 Å². The van der Waals surface area contributed by atoms with Crippen molar-refractivity contribution in [3.05, 3.63) is 59.4 Å². The predicted octanol–water partition coefficient (Wildman–Crippen LogP) is 3.99. The van der Waals surface area contributed by atoms with E-state index in [1.807, 2.05) is 10.0 Å². The first kappa shape index (κ1) is 31.7. The maximum atomic E-state index is 14.8. The number of hydrogen-bond acceptors (Lipinski definition) is 7. The van der Waals surface area contributed by atoms with Gasteiger partial charge in [-0.3, -0.25) is 9.78 Å². The number of alkyl halides is 6. The van der Waals surface area contributed by atoms with E-state index in [0.717, 1.165) is 24.3 Å². The summed E-state index contributed by atoms with van der Waals surface area (Å²) in [5.74, 6) is -1.86. The van der Waals surface area contributed by atoms with Crippen LogP contribution in [-0.4, -0.2) is 57.7 Å². The summed E-state index contributed by atoms with van der Waals surface area (Å²) in [5.41, 5.74) is -3.98. The maximum absolute atomic E-state index is 14.8. The summed E-state index contributed by atoms with van der Waals surface area (Å²) >= 11 is 0. The second-order valence-corrected chi connectivity index (χ2v) is 10.7. The monoisotopic (exact) mass is 606 g/mol. The zero-order valence-corrected chi connectivity index (χ0v) is 22.2. The van der Waals surface area contributed by atoms with Crippen molar-refractivity contribution in [1.82, 2.24) is 15.0 Å². The van der Waals surface area contributed by atoms with Crippen LogP contribution in [0, 0.1) is 11.3 Å². The number of nitriles is 1. The van der Waals surface area contributed by atoms with Crippen LogP contribution in [0.4, 0.5) is 26.3 Å². The number of rotatable bonds is 11. The standard InChI is InChI=1S/C25H24F6N4O5S/c1-39-18-7-8-21(33-14-18)19-13-23(25(29,30)31,35-22(36)20(19)15-34-41(37,38)12-10-32)16-3-5-17(6-4-16)40-11-2-9-24(26,27)28/h3-8,14,34H,2,9,11-13,15H2,1H3,(H,35,36)/t23-/m0/s1. The van der Waals surface area contributed by atoms with Crippen molar-refractivity contribution in [2.24, 2.45) is 0 Å². The van der Waals surface area contributed by atoms with Crippen LogP contribution in [0.2, 0.25) is 0 Å². The van der Waals surface area contributed by atoms with Crippen molar-refractivity contribution in [3.8, 4) is 17.6 Å². The number of carbonyl (C=O) groups excluding carboxylic acids is 1. The molecule has 1 aromatic heterocycles. The molecule has 0 bridgehead atoms. The number of sulfonamides is 1. The molecule has 41 heavy (non-hydrogen) atoms. The van der Waals surface area contributed by atoms with Gasteiger partial charge in [0.15, 0.2) is 11.3 Å². The van der Waals surface area contributed by atoms with Gasteiger partial charge in [0.25, 0.3) is 0 Å². The second kappa shape index (κ2) is 12.4. The van der Waals surface area contributed by atoms with Gasteiger partial charge in [-0.2, -0.15) is 31.6 Å². The molecule has 0 unspecified atom stereocenters. The average Bonchev–Trinajstić information content (AvgIpc) is 2.89. The molecule has 1 aromatic carbocycles. The molecule has 2 heterocycles. The lowest BCUT2D eigenvalue weighted by molar-refractivity contribution is -0.201. The fourth-order valence-electron chi connectivity index (χ4n) is 4.06. The summed E-state index contributed by atoms with van der Waals surface area (Å²) < 4.78 is 118. The Morgan fingerprint density at radius 1 is 1.10 bits per heavy atom. The average molecular weight is 607 g/mol. The zero-order chi connectivity index (χ0) is 30.5. The summed E-state index contributed by atoms with van der Waals surface area (Å²) in [5, 5.41) is 10.7. The van der Waals surface area contributed by atoms with E-state index in [9.17, 15) is 39.6 Å². The molecule has 1 amide bonds. The molecular weight excluding hydrogens is 582 g/mol. The third-order valence-electron chi connectivity index (χ3n) is 6.12. The van der Waals surface area contributed by atoms with Gasteiger partial charge >= 0.3 is 12.4 Å². The third kappa shape index (κ3) is 7.88. The number of ether oxygens (including phenoxy) is 2. The Morgan fingerprint density at radius 3 is 2.29 bits per heavy atom. The molecule has 0 saturated carbocycles. The molecule has 3 rings (SSSR count). The van der Waals surface area contributed by atoms with Gasteiger partial charge in [0, 0.05) is 25.0 Å². The number of benzene rings is 1. The summed E-state index contributed by atoms with van der Waals surface area (Å²) in [7, 11) is -2.82. The molecule has 0 fully saturated rings. The number of methoxy groups -OCH3 is 1. The lowest BCUT2D eigenvalue weighted by Gasteiger charge is -2.41. The van der Waals surface area contributed by atoms with Gasteiger partial charge < -0.3 is 14.8 Å². The molecule has 1 atom stereocenters. The Labute approximate surface area is 231 Å².